The molecule has 0 spiro atoms. The third kappa shape index (κ3) is 5.16. The fourth-order valence-corrected chi connectivity index (χ4v) is 3.45. The highest BCUT2D eigenvalue weighted by molar-refractivity contribution is 6.04. The first kappa shape index (κ1) is 24.2. The van der Waals surface area contributed by atoms with E-state index in [1.54, 1.807) is 0 Å². The number of rotatable bonds is 6. The molecule has 0 saturated carbocycles. The van der Waals surface area contributed by atoms with Gasteiger partial charge < -0.3 is 23.9 Å². The van der Waals surface area contributed by atoms with Crippen molar-refractivity contribution in [3.05, 3.63) is 27.9 Å². The van der Waals surface area contributed by atoms with Crippen LogP contribution in [0.3, 0.4) is 0 Å². The predicted molar refractivity (Wildman–Crippen MR) is 102 cm³/mol. The van der Waals surface area contributed by atoms with Crippen molar-refractivity contribution >= 4 is 28.9 Å². The van der Waals surface area contributed by atoms with Crippen molar-refractivity contribution in [2.24, 2.45) is 0 Å². The lowest BCUT2D eigenvalue weighted by atomic mass is 10.1. The number of carbonyl (C=O) groups is 3. The lowest BCUT2D eigenvalue weighted by molar-refractivity contribution is -0.155. The van der Waals surface area contributed by atoms with Gasteiger partial charge in [0.2, 0.25) is 0 Å². The van der Waals surface area contributed by atoms with Gasteiger partial charge in [0.15, 0.2) is 0 Å². The van der Waals surface area contributed by atoms with Crippen molar-refractivity contribution in [2.75, 3.05) is 13.2 Å². The second kappa shape index (κ2) is 9.21. The first-order valence-corrected chi connectivity index (χ1v) is 9.77. The summed E-state index contributed by atoms with van der Waals surface area (Å²) in [4.78, 5) is 53.0. The molecule has 3 atom stereocenters. The summed E-state index contributed by atoms with van der Waals surface area (Å²) in [5.74, 6) is -2.51. The Morgan fingerprint density at radius 1 is 1.24 bits per heavy atom. The lowest BCUT2D eigenvalue weighted by Crippen LogP contribution is -2.31. The number of hydrogen-bond donors (Lipinski definition) is 1. The molecule has 14 heteroatoms. The van der Waals surface area contributed by atoms with E-state index in [9.17, 15) is 32.3 Å². The van der Waals surface area contributed by atoms with Crippen LogP contribution in [-0.2, 0) is 34.7 Å². The summed E-state index contributed by atoms with van der Waals surface area (Å²) in [6.07, 6.45) is -7.01. The Labute approximate surface area is 183 Å². The number of aromatic nitrogens is 3. The smallest absolute Gasteiger partial charge is 0.432 e. The number of aromatic amines is 1. The van der Waals surface area contributed by atoms with Gasteiger partial charge in [0.25, 0.3) is 0 Å². The van der Waals surface area contributed by atoms with Gasteiger partial charge >= 0.3 is 29.8 Å². The van der Waals surface area contributed by atoms with Crippen LogP contribution in [0.1, 0.15) is 49.5 Å². The van der Waals surface area contributed by atoms with Crippen LogP contribution in [-0.4, -0.2) is 57.9 Å². The van der Waals surface area contributed by atoms with Gasteiger partial charge in [-0.25, -0.2) is 9.59 Å². The van der Waals surface area contributed by atoms with E-state index >= 15 is 0 Å². The Bertz CT molecular complexity index is 1140. The maximum absolute atomic E-state index is 13.5. The number of nitrogens with one attached hydrogen (secondary N) is 1. The van der Waals surface area contributed by atoms with Crippen LogP contribution in [0.25, 0.3) is 11.0 Å². The zero-order valence-electron chi connectivity index (χ0n) is 17.7. The average Bonchev–Trinajstić information content (AvgIpc) is 3.26. The van der Waals surface area contributed by atoms with Gasteiger partial charge in [0.05, 0.1) is 12.0 Å². The first-order valence-electron chi connectivity index (χ1n) is 9.77. The topological polar surface area (TPSA) is 139 Å². The molecule has 1 aliphatic heterocycles. The van der Waals surface area contributed by atoms with Gasteiger partial charge in [-0.15, -0.1) is 0 Å². The molecule has 3 heterocycles. The summed E-state index contributed by atoms with van der Waals surface area (Å²) in [6, 6.07) is 0. The molecule has 1 saturated heterocycles. The second-order valence-corrected chi connectivity index (χ2v) is 7.10. The quantitative estimate of drug-likeness (QED) is 0.488. The fourth-order valence-electron chi connectivity index (χ4n) is 3.45. The van der Waals surface area contributed by atoms with Gasteiger partial charge in [0, 0.05) is 26.5 Å². The molecule has 2 aromatic rings. The van der Waals surface area contributed by atoms with Crippen LogP contribution < -0.4 is 5.69 Å². The summed E-state index contributed by atoms with van der Waals surface area (Å²) in [7, 11) is 0. The molecular formula is C19H20F3N3O8. The highest BCUT2D eigenvalue weighted by Gasteiger charge is 2.42. The largest absolute Gasteiger partial charge is 0.463 e. The van der Waals surface area contributed by atoms with Crippen molar-refractivity contribution in [1.82, 2.24) is 14.5 Å². The summed E-state index contributed by atoms with van der Waals surface area (Å²) < 4.78 is 61.8. The number of alkyl halides is 3. The Morgan fingerprint density at radius 3 is 2.52 bits per heavy atom. The number of carbonyl (C=O) groups excluding carboxylic acids is 3. The third-order valence-corrected chi connectivity index (χ3v) is 4.74. The molecular weight excluding hydrogens is 455 g/mol. The van der Waals surface area contributed by atoms with Crippen LogP contribution in [0.4, 0.5) is 13.2 Å². The number of hydrogen-bond acceptors (Lipinski definition) is 9. The molecule has 1 aliphatic rings. The van der Waals surface area contributed by atoms with E-state index in [1.165, 1.54) is 6.92 Å². The van der Waals surface area contributed by atoms with E-state index in [-0.39, 0.29) is 25.0 Å². The average molecular weight is 475 g/mol. The number of fused-ring (bicyclic) bond motifs is 1. The van der Waals surface area contributed by atoms with Crippen molar-refractivity contribution in [3.63, 3.8) is 0 Å². The highest BCUT2D eigenvalue weighted by Crippen LogP contribution is 2.36. The molecule has 0 aromatic carbocycles. The number of halogens is 3. The first-order chi connectivity index (χ1) is 15.4. The molecule has 1 N–H and O–H groups in total. The van der Waals surface area contributed by atoms with E-state index in [4.69, 9.17) is 18.9 Å². The molecule has 33 heavy (non-hydrogen) atoms. The van der Waals surface area contributed by atoms with Crippen LogP contribution in [0.15, 0.2) is 11.0 Å². The maximum atomic E-state index is 13.5. The Hall–Kier alpha value is -3.42. The SMILES string of the molecule is CCOC(=O)c1c(C(F)(F)F)[nH]c2nc(=O)n(C3CC(OC(C)=O)C(COC(C)=O)O3)cc12. The van der Waals surface area contributed by atoms with E-state index < -0.39 is 65.1 Å². The minimum absolute atomic E-state index is 0.0795. The number of nitrogens with zero attached hydrogens (tertiary/aromatic N) is 2. The summed E-state index contributed by atoms with van der Waals surface area (Å²) in [6.45, 7) is 3.28. The number of esters is 3. The van der Waals surface area contributed by atoms with Gasteiger partial charge in [-0.1, -0.05) is 0 Å². The Balaban J connectivity index is 2.05. The standard InChI is InChI=1S/C19H20F3N3O8/c1-4-30-17(28)14-10-6-25(18(29)24-16(10)23-15(14)19(20,21)22)13-5-11(32-9(3)27)12(33-13)7-31-8(2)26/h6,11-13H,4-5,7H2,1-3H3,(H,23,24,29). The van der Waals surface area contributed by atoms with Crippen molar-refractivity contribution in [3.8, 4) is 0 Å². The van der Waals surface area contributed by atoms with E-state index in [2.05, 4.69) is 4.98 Å². The van der Waals surface area contributed by atoms with Gasteiger partial charge in [-0.2, -0.15) is 18.2 Å². The third-order valence-electron chi connectivity index (χ3n) is 4.74. The molecule has 2 aromatic heterocycles. The summed E-state index contributed by atoms with van der Waals surface area (Å²) in [5.41, 5.74) is -3.67. The molecule has 0 radical (unpaired) electrons. The monoisotopic (exact) mass is 475 g/mol. The molecule has 0 amide bonds. The number of ether oxygens (including phenoxy) is 4. The van der Waals surface area contributed by atoms with Crippen LogP contribution in [0, 0.1) is 0 Å². The molecule has 11 nitrogen and oxygen atoms in total. The zero-order chi connectivity index (χ0) is 24.5. The molecule has 1 fully saturated rings. The lowest BCUT2D eigenvalue weighted by Gasteiger charge is -2.17. The van der Waals surface area contributed by atoms with Crippen LogP contribution >= 0.6 is 0 Å². The Morgan fingerprint density at radius 2 is 1.94 bits per heavy atom. The fraction of sp³-hybridized carbons (Fsp3) is 0.526. The summed E-state index contributed by atoms with van der Waals surface area (Å²) >= 11 is 0. The van der Waals surface area contributed by atoms with E-state index in [0.717, 1.165) is 24.6 Å². The zero-order valence-corrected chi connectivity index (χ0v) is 17.7. The predicted octanol–water partition coefficient (Wildman–Crippen LogP) is 1.70. The van der Waals surface area contributed by atoms with Crippen LogP contribution in [0.2, 0.25) is 0 Å². The molecule has 0 bridgehead atoms. The maximum Gasteiger partial charge on any atom is 0.432 e. The van der Waals surface area contributed by atoms with E-state index in [0.29, 0.717) is 0 Å². The van der Waals surface area contributed by atoms with Gasteiger partial charge in [-0.3, -0.25) is 14.2 Å². The van der Waals surface area contributed by atoms with Crippen LogP contribution in [0.5, 0.6) is 0 Å². The minimum atomic E-state index is -4.95. The highest BCUT2D eigenvalue weighted by atomic mass is 19.4. The van der Waals surface area contributed by atoms with E-state index in [1.807, 2.05) is 4.98 Å². The molecule has 3 unspecified atom stereocenters. The Kier molecular flexibility index (Phi) is 6.76. The normalized spacial score (nSPS) is 20.6. The molecule has 0 aliphatic carbocycles. The van der Waals surface area contributed by atoms with Gasteiger partial charge in [-0.05, 0) is 6.92 Å². The second-order valence-electron chi connectivity index (χ2n) is 7.10. The van der Waals surface area contributed by atoms with Gasteiger partial charge in [0.1, 0.15) is 41.9 Å². The number of H-pyrrole nitrogens is 1. The van der Waals surface area contributed by atoms with Crippen molar-refractivity contribution < 1.29 is 46.5 Å². The van der Waals surface area contributed by atoms with Crippen molar-refractivity contribution in [1.29, 1.82) is 0 Å². The van der Waals surface area contributed by atoms with Crippen molar-refractivity contribution in [2.45, 2.75) is 51.8 Å². The molecule has 180 valence electrons. The summed E-state index contributed by atoms with van der Waals surface area (Å²) in [5, 5.41) is -0.309. The minimum Gasteiger partial charge on any atom is -0.463 e. The molecule has 3 rings (SSSR count).